The van der Waals surface area contributed by atoms with Gasteiger partial charge in [-0.2, -0.15) is 0 Å². The third kappa shape index (κ3) is 6.25. The van der Waals surface area contributed by atoms with E-state index in [0.717, 1.165) is 67.6 Å². The van der Waals surface area contributed by atoms with E-state index in [4.69, 9.17) is 9.47 Å². The fourth-order valence-corrected chi connectivity index (χ4v) is 9.08. The Morgan fingerprint density at radius 3 is 1.18 bits per heavy atom. The van der Waals surface area contributed by atoms with Gasteiger partial charge in [0.2, 0.25) is 0 Å². The van der Waals surface area contributed by atoms with E-state index >= 15 is 0 Å². The first-order chi connectivity index (χ1) is 29.6. The van der Waals surface area contributed by atoms with Crippen LogP contribution in [-0.4, -0.2) is 6.71 Å². The second-order valence-corrected chi connectivity index (χ2v) is 15.8. The topological polar surface area (TPSA) is 21.7 Å². The summed E-state index contributed by atoms with van der Waals surface area (Å²) in [6, 6.07) is 73.6. The molecule has 0 fully saturated rings. The van der Waals surface area contributed by atoms with Crippen LogP contribution < -0.4 is 30.8 Å². The number of ether oxygens (including phenoxy) is 2. The van der Waals surface area contributed by atoms with E-state index < -0.39 is 0 Å². The molecule has 0 atom stereocenters. The van der Waals surface area contributed by atoms with Crippen LogP contribution in [0.3, 0.4) is 0 Å². The van der Waals surface area contributed by atoms with Gasteiger partial charge in [-0.3, -0.25) is 0 Å². The van der Waals surface area contributed by atoms with Crippen molar-refractivity contribution in [2.24, 2.45) is 0 Å². The number of para-hydroxylation sites is 2. The molecule has 11 rings (SSSR count). The van der Waals surface area contributed by atoms with E-state index in [1.54, 1.807) is 0 Å². The highest BCUT2D eigenvalue weighted by molar-refractivity contribution is 6.98. The van der Waals surface area contributed by atoms with E-state index in [-0.39, 0.29) is 6.71 Å². The molecule has 9 aromatic rings. The summed E-state index contributed by atoms with van der Waals surface area (Å²) in [5.74, 6) is 3.28. The van der Waals surface area contributed by atoms with Gasteiger partial charge in [-0.1, -0.05) is 169 Å². The van der Waals surface area contributed by atoms with Crippen LogP contribution in [0.1, 0.15) is 11.1 Å². The number of nitrogens with zero attached hydrogens (tertiary/aromatic N) is 1. The Labute approximate surface area is 351 Å². The van der Waals surface area contributed by atoms with Crippen LogP contribution in [0.5, 0.6) is 23.0 Å². The summed E-state index contributed by atoms with van der Waals surface area (Å²) in [4.78, 5) is 2.27. The number of fused-ring (bicyclic) bond motifs is 4. The van der Waals surface area contributed by atoms with Gasteiger partial charge in [0.05, 0.1) is 5.69 Å². The summed E-state index contributed by atoms with van der Waals surface area (Å²) < 4.78 is 14.2. The van der Waals surface area contributed by atoms with Crippen molar-refractivity contribution in [1.82, 2.24) is 0 Å². The normalized spacial score (nSPS) is 12.1. The van der Waals surface area contributed by atoms with Crippen molar-refractivity contribution in [3.63, 3.8) is 0 Å². The molecule has 0 N–H and O–H groups in total. The van der Waals surface area contributed by atoms with Gasteiger partial charge < -0.3 is 14.4 Å². The second-order valence-electron chi connectivity index (χ2n) is 15.8. The van der Waals surface area contributed by atoms with Crippen molar-refractivity contribution in [3.8, 4) is 67.5 Å². The lowest BCUT2D eigenvalue weighted by molar-refractivity contribution is 0.465. The van der Waals surface area contributed by atoms with Gasteiger partial charge in [0, 0.05) is 29.0 Å². The van der Waals surface area contributed by atoms with Crippen LogP contribution in [0.2, 0.25) is 0 Å². The predicted molar refractivity (Wildman–Crippen MR) is 250 cm³/mol. The zero-order chi connectivity index (χ0) is 40.2. The van der Waals surface area contributed by atoms with Crippen LogP contribution in [0.4, 0.5) is 17.1 Å². The Balaban J connectivity index is 1.11. The van der Waals surface area contributed by atoms with Gasteiger partial charge in [-0.05, 0) is 106 Å². The molecule has 0 unspecified atom stereocenters. The zero-order valence-electron chi connectivity index (χ0n) is 33.5. The number of benzene rings is 9. The molecule has 0 aliphatic carbocycles. The van der Waals surface area contributed by atoms with Crippen LogP contribution >= 0.6 is 0 Å². The maximum absolute atomic E-state index is 7.10. The van der Waals surface area contributed by atoms with Crippen molar-refractivity contribution in [2.75, 3.05) is 4.90 Å². The quantitative estimate of drug-likeness (QED) is 0.151. The fourth-order valence-electron chi connectivity index (χ4n) is 9.08. The van der Waals surface area contributed by atoms with Crippen LogP contribution in [0.25, 0.3) is 44.5 Å². The molecule has 0 amide bonds. The van der Waals surface area contributed by atoms with Gasteiger partial charge in [0.1, 0.15) is 23.0 Å². The summed E-state index contributed by atoms with van der Waals surface area (Å²) in [6.45, 7) is 4.22. The lowest BCUT2D eigenvalue weighted by Gasteiger charge is -2.35. The largest absolute Gasteiger partial charge is 0.458 e. The number of anilines is 3. The van der Waals surface area contributed by atoms with Gasteiger partial charge >= 0.3 is 0 Å². The Kier molecular flexibility index (Phi) is 8.71. The molecule has 0 aromatic heterocycles. The minimum atomic E-state index is -0.0984. The maximum Gasteiger partial charge on any atom is 0.260 e. The zero-order valence-corrected chi connectivity index (χ0v) is 33.5. The van der Waals surface area contributed by atoms with E-state index in [9.17, 15) is 0 Å². The molecule has 0 bridgehead atoms. The third-order valence-corrected chi connectivity index (χ3v) is 11.9. The lowest BCUT2D eigenvalue weighted by Crippen LogP contribution is -2.57. The molecule has 9 aromatic carbocycles. The third-order valence-electron chi connectivity index (χ3n) is 11.9. The highest BCUT2D eigenvalue weighted by atomic mass is 16.5. The number of rotatable bonds is 7. The first-order valence-corrected chi connectivity index (χ1v) is 20.6. The Morgan fingerprint density at radius 1 is 0.333 bits per heavy atom. The van der Waals surface area contributed by atoms with Gasteiger partial charge in [-0.25, -0.2) is 0 Å². The van der Waals surface area contributed by atoms with Crippen molar-refractivity contribution >= 4 is 40.2 Å². The SMILES string of the molecule is Cc1ccc(-c2ccccc2)c(-c2ccc3c(c2)Oc2cc(N(c4ccccc4)c4ccccc4)cc4c2B3c2ccc(-c3cc(C)ccc3-c3ccccc3)cc2O4)c1. The van der Waals surface area contributed by atoms with Crippen LogP contribution in [-0.2, 0) is 0 Å². The molecule has 2 aliphatic heterocycles. The molecule has 60 heavy (non-hydrogen) atoms. The Hall–Kier alpha value is -7.56. The van der Waals surface area contributed by atoms with Crippen molar-refractivity contribution < 1.29 is 9.47 Å². The summed E-state index contributed by atoms with van der Waals surface area (Å²) in [7, 11) is 0. The molecule has 0 saturated carbocycles. The minimum absolute atomic E-state index is 0.0984. The Bertz CT molecular complexity index is 2850. The molecule has 0 saturated heterocycles. The molecule has 2 heterocycles. The van der Waals surface area contributed by atoms with Crippen molar-refractivity contribution in [2.45, 2.75) is 13.8 Å². The van der Waals surface area contributed by atoms with Crippen LogP contribution in [0, 0.1) is 13.8 Å². The molecular weight excluding hydrogens is 729 g/mol. The maximum atomic E-state index is 7.10. The number of hydrogen-bond donors (Lipinski definition) is 0. The minimum Gasteiger partial charge on any atom is -0.458 e. The summed E-state index contributed by atoms with van der Waals surface area (Å²) in [5.41, 5.74) is 18.1. The van der Waals surface area contributed by atoms with E-state index in [0.29, 0.717) is 0 Å². The standard InChI is InChI=1S/C56H40BNO2/c1-37-23-27-46(39-15-7-3-8-16-39)48(31-37)41-25-29-50-52(33-41)59-54-35-45(58(43-19-11-5-12-20-43)44-21-13-6-14-22-44)36-55-56(54)57(50)51-30-26-42(34-53(51)60-55)49-32-38(2)24-28-47(49)40-17-9-4-10-18-40/h3-36H,1-2H3. The van der Waals surface area contributed by atoms with E-state index in [1.807, 2.05) is 0 Å². The summed E-state index contributed by atoms with van der Waals surface area (Å²) in [5, 5.41) is 0. The molecular formula is C56H40BNO2. The summed E-state index contributed by atoms with van der Waals surface area (Å²) in [6.07, 6.45) is 0. The first-order valence-electron chi connectivity index (χ1n) is 20.6. The van der Waals surface area contributed by atoms with E-state index in [2.05, 4.69) is 225 Å². The summed E-state index contributed by atoms with van der Waals surface area (Å²) >= 11 is 0. The molecule has 3 nitrogen and oxygen atoms in total. The number of hydrogen-bond acceptors (Lipinski definition) is 3. The van der Waals surface area contributed by atoms with Gasteiger partial charge in [0.15, 0.2) is 0 Å². The first kappa shape index (κ1) is 35.6. The molecule has 0 spiro atoms. The average Bonchev–Trinajstić information content (AvgIpc) is 3.30. The fraction of sp³-hybridized carbons (Fsp3) is 0.0357. The molecule has 4 heteroatoms. The number of aryl methyl sites for hydroxylation is 2. The van der Waals surface area contributed by atoms with E-state index in [1.165, 1.54) is 44.5 Å². The Morgan fingerprint density at radius 2 is 0.750 bits per heavy atom. The van der Waals surface area contributed by atoms with Gasteiger partial charge in [0.25, 0.3) is 6.71 Å². The predicted octanol–water partition coefficient (Wildman–Crippen LogP) is 13.2. The highest BCUT2D eigenvalue weighted by Gasteiger charge is 2.41. The van der Waals surface area contributed by atoms with Crippen LogP contribution in [0.15, 0.2) is 206 Å². The lowest BCUT2D eigenvalue weighted by atomic mass is 9.34. The van der Waals surface area contributed by atoms with Gasteiger partial charge in [-0.15, -0.1) is 0 Å². The smallest absolute Gasteiger partial charge is 0.260 e. The van der Waals surface area contributed by atoms with Crippen molar-refractivity contribution in [1.29, 1.82) is 0 Å². The molecule has 2 aliphatic rings. The molecule has 284 valence electrons. The molecule has 0 radical (unpaired) electrons. The average molecular weight is 770 g/mol. The van der Waals surface area contributed by atoms with Crippen molar-refractivity contribution in [3.05, 3.63) is 217 Å². The highest BCUT2D eigenvalue weighted by Crippen LogP contribution is 2.44. The monoisotopic (exact) mass is 769 g/mol. The second kappa shape index (κ2) is 14.7.